The molecule has 2 aromatic carbocycles. The van der Waals surface area contributed by atoms with Crippen LogP contribution in [-0.4, -0.2) is 25.8 Å². The summed E-state index contributed by atoms with van der Waals surface area (Å²) in [6, 6.07) is 17.1. The van der Waals surface area contributed by atoms with Crippen molar-refractivity contribution in [3.63, 3.8) is 0 Å². The molecule has 0 amide bonds. The summed E-state index contributed by atoms with van der Waals surface area (Å²) in [5.74, 6) is 1.28. The first-order chi connectivity index (χ1) is 13.0. The van der Waals surface area contributed by atoms with Gasteiger partial charge in [-0.1, -0.05) is 61.2 Å². The maximum atomic E-state index is 4.96. The Morgan fingerprint density at radius 1 is 1.04 bits per heavy atom. The molecule has 138 valence electrons. The Labute approximate surface area is 164 Å². The van der Waals surface area contributed by atoms with Crippen molar-refractivity contribution in [2.45, 2.75) is 50.4 Å². The molecule has 4 rings (SSSR count). The number of rotatable bonds is 4. The molecule has 0 radical (unpaired) electrons. The normalized spacial score (nSPS) is 17.3. The summed E-state index contributed by atoms with van der Waals surface area (Å²) in [6.45, 7) is 8.70. The molecule has 0 unspecified atom stereocenters. The zero-order valence-electron chi connectivity index (χ0n) is 16.2. The van der Waals surface area contributed by atoms with Crippen LogP contribution in [0.5, 0.6) is 0 Å². The van der Waals surface area contributed by atoms with E-state index >= 15 is 0 Å². The van der Waals surface area contributed by atoms with Gasteiger partial charge in [-0.15, -0.1) is 10.2 Å². The van der Waals surface area contributed by atoms with Crippen LogP contribution in [0.15, 0.2) is 58.8 Å². The molecule has 0 bridgehead atoms. The van der Waals surface area contributed by atoms with Gasteiger partial charge in [0.2, 0.25) is 5.16 Å². The van der Waals surface area contributed by atoms with Crippen molar-refractivity contribution in [3.05, 3.63) is 76.6 Å². The molecule has 1 aliphatic heterocycles. The van der Waals surface area contributed by atoms with Crippen molar-refractivity contribution >= 4 is 17.5 Å². The lowest BCUT2D eigenvalue weighted by atomic mass is 9.98. The molecule has 1 aliphatic rings. The van der Waals surface area contributed by atoms with E-state index in [0.717, 1.165) is 23.1 Å². The third-order valence-corrected chi connectivity index (χ3v) is 6.25. The smallest absolute Gasteiger partial charge is 0.191 e. The highest BCUT2D eigenvalue weighted by Crippen LogP contribution is 2.31. The Balaban J connectivity index is 1.67. The molecule has 1 aromatic heterocycles. The first-order valence-corrected chi connectivity index (χ1v) is 10.2. The summed E-state index contributed by atoms with van der Waals surface area (Å²) in [6.07, 6.45) is 0.815. The number of hydrogen-bond donors (Lipinski definition) is 0. The first kappa shape index (κ1) is 18.0. The van der Waals surface area contributed by atoms with E-state index in [1.54, 1.807) is 11.8 Å². The molecular weight excluding hydrogens is 352 g/mol. The van der Waals surface area contributed by atoms with E-state index in [2.05, 4.69) is 80.4 Å². The van der Waals surface area contributed by atoms with Gasteiger partial charge >= 0.3 is 0 Å². The zero-order chi connectivity index (χ0) is 19.0. The van der Waals surface area contributed by atoms with E-state index < -0.39 is 0 Å². The number of benzene rings is 2. The van der Waals surface area contributed by atoms with Gasteiger partial charge < -0.3 is 0 Å². The SMILES string of the molecule is Cc1ccc(C2=Nn3c(C[C@@H](C)c4ccccc4)nnc3S[C@H]2C)cc1C. The van der Waals surface area contributed by atoms with E-state index in [-0.39, 0.29) is 5.25 Å². The molecule has 0 spiro atoms. The van der Waals surface area contributed by atoms with E-state index in [0.29, 0.717) is 5.92 Å². The molecule has 2 atom stereocenters. The Morgan fingerprint density at radius 3 is 2.56 bits per heavy atom. The van der Waals surface area contributed by atoms with Crippen molar-refractivity contribution in [2.24, 2.45) is 5.10 Å². The third kappa shape index (κ3) is 3.56. The van der Waals surface area contributed by atoms with Gasteiger partial charge in [-0.25, -0.2) is 0 Å². The number of thioether (sulfide) groups is 1. The highest BCUT2D eigenvalue weighted by Gasteiger charge is 2.26. The second-order valence-electron chi connectivity index (χ2n) is 7.27. The maximum Gasteiger partial charge on any atom is 0.212 e. The van der Waals surface area contributed by atoms with Crippen molar-refractivity contribution in [3.8, 4) is 0 Å². The molecule has 27 heavy (non-hydrogen) atoms. The molecule has 2 heterocycles. The molecule has 3 aromatic rings. The van der Waals surface area contributed by atoms with Gasteiger partial charge in [-0.05, 0) is 55.0 Å². The van der Waals surface area contributed by atoms with Crippen LogP contribution in [0, 0.1) is 13.8 Å². The van der Waals surface area contributed by atoms with Crippen molar-refractivity contribution < 1.29 is 0 Å². The van der Waals surface area contributed by atoms with E-state index in [1.165, 1.54) is 22.3 Å². The van der Waals surface area contributed by atoms with Gasteiger partial charge in [0, 0.05) is 6.42 Å². The van der Waals surface area contributed by atoms with Gasteiger partial charge in [-0.3, -0.25) is 0 Å². The van der Waals surface area contributed by atoms with Crippen LogP contribution >= 0.6 is 11.8 Å². The summed E-state index contributed by atoms with van der Waals surface area (Å²) in [5.41, 5.74) is 6.17. The summed E-state index contributed by atoms with van der Waals surface area (Å²) < 4.78 is 1.94. The predicted molar refractivity (Wildman–Crippen MR) is 112 cm³/mol. The topological polar surface area (TPSA) is 43.1 Å². The predicted octanol–water partition coefficient (Wildman–Crippen LogP) is 4.99. The fraction of sp³-hybridized carbons (Fsp3) is 0.318. The van der Waals surface area contributed by atoms with Crippen LogP contribution < -0.4 is 0 Å². The standard InChI is InChI=1S/C22H24N4S/c1-14-10-11-19(12-15(14)2)21-17(4)27-22-24-23-20(26(22)25-21)13-16(3)18-8-6-5-7-9-18/h5-12,16-17H,13H2,1-4H3/t16-,17+/m1/s1. The molecule has 0 saturated carbocycles. The molecule has 0 fully saturated rings. The largest absolute Gasteiger partial charge is 0.212 e. The number of fused-ring (bicyclic) bond motifs is 1. The van der Waals surface area contributed by atoms with Gasteiger partial charge in [0.1, 0.15) is 0 Å². The Kier molecular flexibility index (Phi) is 4.87. The molecule has 0 N–H and O–H groups in total. The van der Waals surface area contributed by atoms with Crippen LogP contribution in [0.25, 0.3) is 0 Å². The van der Waals surface area contributed by atoms with Gasteiger partial charge in [0.05, 0.1) is 11.0 Å². The summed E-state index contributed by atoms with van der Waals surface area (Å²) in [4.78, 5) is 0. The fourth-order valence-electron chi connectivity index (χ4n) is 3.37. The van der Waals surface area contributed by atoms with Crippen molar-refractivity contribution in [1.82, 2.24) is 14.9 Å². The Morgan fingerprint density at radius 2 is 1.81 bits per heavy atom. The fourth-order valence-corrected chi connectivity index (χ4v) is 4.31. The monoisotopic (exact) mass is 376 g/mol. The maximum absolute atomic E-state index is 4.96. The van der Waals surface area contributed by atoms with E-state index in [1.807, 2.05) is 10.7 Å². The van der Waals surface area contributed by atoms with Crippen LogP contribution in [0.4, 0.5) is 0 Å². The van der Waals surface area contributed by atoms with Gasteiger partial charge in [0.25, 0.3) is 0 Å². The number of aryl methyl sites for hydroxylation is 2. The first-order valence-electron chi connectivity index (χ1n) is 9.35. The average Bonchev–Trinajstić information content (AvgIpc) is 3.05. The quantitative estimate of drug-likeness (QED) is 0.644. The summed E-state index contributed by atoms with van der Waals surface area (Å²) in [5, 5.41) is 14.9. The second kappa shape index (κ2) is 7.31. The van der Waals surface area contributed by atoms with Gasteiger partial charge in [0.15, 0.2) is 5.82 Å². The summed E-state index contributed by atoms with van der Waals surface area (Å²) in [7, 11) is 0. The zero-order valence-corrected chi connectivity index (χ0v) is 17.0. The second-order valence-corrected chi connectivity index (χ2v) is 8.58. The third-order valence-electron chi connectivity index (χ3n) is 5.21. The van der Waals surface area contributed by atoms with Crippen molar-refractivity contribution in [1.29, 1.82) is 0 Å². The lowest BCUT2D eigenvalue weighted by Crippen LogP contribution is -2.22. The highest BCUT2D eigenvalue weighted by molar-refractivity contribution is 8.00. The molecular formula is C22H24N4S. The van der Waals surface area contributed by atoms with Gasteiger partial charge in [-0.2, -0.15) is 9.78 Å². The molecule has 4 nitrogen and oxygen atoms in total. The number of hydrogen-bond acceptors (Lipinski definition) is 4. The van der Waals surface area contributed by atoms with Crippen molar-refractivity contribution in [2.75, 3.05) is 0 Å². The lowest BCUT2D eigenvalue weighted by molar-refractivity contribution is 0.648. The minimum Gasteiger partial charge on any atom is -0.191 e. The van der Waals surface area contributed by atoms with E-state index in [9.17, 15) is 0 Å². The number of aromatic nitrogens is 3. The molecule has 0 saturated heterocycles. The van der Waals surface area contributed by atoms with Crippen LogP contribution in [-0.2, 0) is 6.42 Å². The van der Waals surface area contributed by atoms with Crippen LogP contribution in [0.2, 0.25) is 0 Å². The van der Waals surface area contributed by atoms with E-state index in [4.69, 9.17) is 5.10 Å². The minimum atomic E-state index is 0.253. The molecule has 0 aliphatic carbocycles. The number of nitrogens with zero attached hydrogens (tertiary/aromatic N) is 4. The summed E-state index contributed by atoms with van der Waals surface area (Å²) >= 11 is 1.73. The molecule has 5 heteroatoms. The van der Waals surface area contributed by atoms with Crippen LogP contribution in [0.1, 0.15) is 47.8 Å². The highest BCUT2D eigenvalue weighted by atomic mass is 32.2. The minimum absolute atomic E-state index is 0.253. The Hall–Kier alpha value is -2.40. The van der Waals surface area contributed by atoms with Crippen LogP contribution in [0.3, 0.4) is 0 Å². The lowest BCUT2D eigenvalue weighted by Gasteiger charge is -2.21. The average molecular weight is 377 g/mol. The Bertz CT molecular complexity index is 991.